The minimum atomic E-state index is -0.161. The first-order chi connectivity index (χ1) is 11.4. The van der Waals surface area contributed by atoms with Gasteiger partial charge in [-0.05, 0) is 62.1 Å². The van der Waals surface area contributed by atoms with Crippen LogP contribution in [0.2, 0.25) is 0 Å². The van der Waals surface area contributed by atoms with Crippen LogP contribution >= 0.6 is 0 Å². The van der Waals surface area contributed by atoms with Crippen LogP contribution < -0.4 is 14.8 Å². The van der Waals surface area contributed by atoms with E-state index in [2.05, 4.69) is 38.2 Å². The van der Waals surface area contributed by atoms with Crippen LogP contribution in [0.25, 0.3) is 0 Å². The lowest BCUT2D eigenvalue weighted by Gasteiger charge is -2.19. The van der Waals surface area contributed by atoms with Gasteiger partial charge in [0.25, 0.3) is 5.91 Å². The minimum Gasteiger partial charge on any atom is -0.493 e. The van der Waals surface area contributed by atoms with Crippen molar-refractivity contribution in [1.29, 1.82) is 0 Å². The van der Waals surface area contributed by atoms with E-state index >= 15 is 0 Å². The first-order valence-corrected chi connectivity index (χ1v) is 8.05. The van der Waals surface area contributed by atoms with Gasteiger partial charge in [0.15, 0.2) is 18.1 Å². The first kappa shape index (κ1) is 17.9. The predicted molar refractivity (Wildman–Crippen MR) is 95.7 cm³/mol. The zero-order valence-electron chi connectivity index (χ0n) is 15.0. The molecule has 0 aliphatic carbocycles. The molecule has 0 aliphatic rings. The summed E-state index contributed by atoms with van der Waals surface area (Å²) in [5.74, 6) is 1.01. The average molecular weight is 327 g/mol. The summed E-state index contributed by atoms with van der Waals surface area (Å²) in [5, 5.41) is 2.99. The monoisotopic (exact) mass is 327 g/mol. The molecule has 1 atom stereocenters. The van der Waals surface area contributed by atoms with Gasteiger partial charge in [-0.25, -0.2) is 0 Å². The van der Waals surface area contributed by atoms with E-state index in [0.717, 1.165) is 5.56 Å². The van der Waals surface area contributed by atoms with E-state index in [-0.39, 0.29) is 18.6 Å². The van der Waals surface area contributed by atoms with Gasteiger partial charge in [0.1, 0.15) is 0 Å². The Hall–Kier alpha value is -2.49. The van der Waals surface area contributed by atoms with E-state index in [0.29, 0.717) is 11.5 Å². The lowest BCUT2D eigenvalue weighted by Crippen LogP contribution is -2.31. The third kappa shape index (κ3) is 4.28. The molecular weight excluding hydrogens is 302 g/mol. The average Bonchev–Trinajstić information content (AvgIpc) is 2.56. The van der Waals surface area contributed by atoms with Crippen molar-refractivity contribution in [3.05, 3.63) is 58.7 Å². The van der Waals surface area contributed by atoms with Gasteiger partial charge in [-0.15, -0.1) is 0 Å². The molecule has 2 aromatic carbocycles. The second kappa shape index (κ2) is 7.86. The van der Waals surface area contributed by atoms with Crippen LogP contribution in [0.1, 0.15) is 35.2 Å². The summed E-state index contributed by atoms with van der Waals surface area (Å²) in [6.45, 7) is 8.18. The maximum absolute atomic E-state index is 12.2. The van der Waals surface area contributed by atoms with Crippen molar-refractivity contribution in [3.8, 4) is 11.5 Å². The number of nitrogens with one attached hydrogen (secondary N) is 1. The number of rotatable bonds is 6. The highest BCUT2D eigenvalue weighted by Gasteiger charge is 2.14. The Balaban J connectivity index is 1.98. The standard InChI is InChI=1S/C20H25NO3/c1-13-10-15(3)17(11-14(13)2)16(4)21-20(22)12-24-19-9-7-6-8-18(19)23-5/h6-11,16H,12H2,1-5H3,(H,21,22)/t16-/m0/s1. The van der Waals surface area contributed by atoms with Crippen LogP contribution in [-0.2, 0) is 4.79 Å². The molecule has 128 valence electrons. The van der Waals surface area contributed by atoms with Gasteiger partial charge in [-0.2, -0.15) is 0 Å². The summed E-state index contributed by atoms with van der Waals surface area (Å²) in [6.07, 6.45) is 0. The molecule has 0 heterocycles. The summed E-state index contributed by atoms with van der Waals surface area (Å²) < 4.78 is 10.8. The molecule has 2 rings (SSSR count). The molecule has 0 fully saturated rings. The minimum absolute atomic E-state index is 0.0470. The third-order valence-corrected chi connectivity index (χ3v) is 4.15. The molecule has 1 N–H and O–H groups in total. The Labute approximate surface area is 143 Å². The lowest BCUT2D eigenvalue weighted by molar-refractivity contribution is -0.123. The first-order valence-electron chi connectivity index (χ1n) is 8.05. The quantitative estimate of drug-likeness (QED) is 0.876. The molecule has 2 aromatic rings. The van der Waals surface area contributed by atoms with E-state index in [4.69, 9.17) is 9.47 Å². The molecule has 0 radical (unpaired) electrons. The van der Waals surface area contributed by atoms with E-state index in [9.17, 15) is 4.79 Å². The van der Waals surface area contributed by atoms with E-state index in [1.54, 1.807) is 19.2 Å². The highest BCUT2D eigenvalue weighted by Crippen LogP contribution is 2.26. The summed E-state index contributed by atoms with van der Waals surface area (Å²) in [7, 11) is 1.58. The Morgan fingerprint density at radius 2 is 1.67 bits per heavy atom. The summed E-state index contributed by atoms with van der Waals surface area (Å²) in [4.78, 5) is 12.2. The summed E-state index contributed by atoms with van der Waals surface area (Å²) in [5.41, 5.74) is 4.79. The topological polar surface area (TPSA) is 47.6 Å². The zero-order valence-corrected chi connectivity index (χ0v) is 15.0. The fourth-order valence-corrected chi connectivity index (χ4v) is 2.69. The maximum atomic E-state index is 12.2. The molecule has 0 aromatic heterocycles. The largest absolute Gasteiger partial charge is 0.493 e. The molecule has 0 bridgehead atoms. The number of ether oxygens (including phenoxy) is 2. The van der Waals surface area contributed by atoms with Crippen molar-refractivity contribution in [2.75, 3.05) is 13.7 Å². The molecule has 4 heteroatoms. The number of hydrogen-bond donors (Lipinski definition) is 1. The highest BCUT2D eigenvalue weighted by atomic mass is 16.5. The van der Waals surface area contributed by atoms with Crippen molar-refractivity contribution in [1.82, 2.24) is 5.32 Å². The number of carbonyl (C=O) groups is 1. The molecule has 0 saturated carbocycles. The van der Waals surface area contributed by atoms with Crippen LogP contribution in [0.3, 0.4) is 0 Å². The number of aryl methyl sites for hydroxylation is 3. The van der Waals surface area contributed by atoms with Crippen molar-refractivity contribution in [3.63, 3.8) is 0 Å². The van der Waals surface area contributed by atoms with Gasteiger partial charge in [-0.3, -0.25) is 4.79 Å². The molecule has 4 nitrogen and oxygen atoms in total. The second-order valence-electron chi connectivity index (χ2n) is 6.02. The number of benzene rings is 2. The number of para-hydroxylation sites is 2. The highest BCUT2D eigenvalue weighted by molar-refractivity contribution is 5.78. The molecule has 0 spiro atoms. The SMILES string of the molecule is COc1ccccc1OCC(=O)N[C@@H](C)c1cc(C)c(C)cc1C. The van der Waals surface area contributed by atoms with Gasteiger partial charge >= 0.3 is 0 Å². The number of methoxy groups -OCH3 is 1. The maximum Gasteiger partial charge on any atom is 0.258 e. The molecule has 1 amide bonds. The normalized spacial score (nSPS) is 11.7. The molecule has 0 aliphatic heterocycles. The Bertz CT molecular complexity index is 725. The Kier molecular flexibility index (Phi) is 5.85. The van der Waals surface area contributed by atoms with Crippen LogP contribution in [-0.4, -0.2) is 19.6 Å². The lowest BCUT2D eigenvalue weighted by atomic mass is 9.96. The Morgan fingerprint density at radius 1 is 1.04 bits per heavy atom. The molecule has 24 heavy (non-hydrogen) atoms. The summed E-state index contributed by atoms with van der Waals surface area (Å²) in [6, 6.07) is 11.5. The van der Waals surface area contributed by atoms with Crippen LogP contribution in [0.4, 0.5) is 0 Å². The van der Waals surface area contributed by atoms with Crippen LogP contribution in [0.5, 0.6) is 11.5 Å². The number of carbonyl (C=O) groups excluding carboxylic acids is 1. The fourth-order valence-electron chi connectivity index (χ4n) is 2.69. The van der Waals surface area contributed by atoms with Gasteiger partial charge in [0, 0.05) is 0 Å². The predicted octanol–water partition coefficient (Wildman–Crippen LogP) is 3.88. The Morgan fingerprint density at radius 3 is 2.33 bits per heavy atom. The zero-order chi connectivity index (χ0) is 17.7. The van der Waals surface area contributed by atoms with Gasteiger partial charge in [0.2, 0.25) is 0 Å². The van der Waals surface area contributed by atoms with E-state index < -0.39 is 0 Å². The van der Waals surface area contributed by atoms with Crippen molar-refractivity contribution in [2.45, 2.75) is 33.7 Å². The fraction of sp³-hybridized carbons (Fsp3) is 0.350. The van der Waals surface area contributed by atoms with Crippen LogP contribution in [0.15, 0.2) is 36.4 Å². The van der Waals surface area contributed by atoms with Gasteiger partial charge < -0.3 is 14.8 Å². The van der Waals surface area contributed by atoms with Gasteiger partial charge in [0.05, 0.1) is 13.2 Å². The smallest absolute Gasteiger partial charge is 0.258 e. The van der Waals surface area contributed by atoms with E-state index in [1.807, 2.05) is 19.1 Å². The number of amides is 1. The second-order valence-corrected chi connectivity index (χ2v) is 6.02. The van der Waals surface area contributed by atoms with Gasteiger partial charge in [-0.1, -0.05) is 24.3 Å². The molecular formula is C20H25NO3. The number of hydrogen-bond acceptors (Lipinski definition) is 3. The van der Waals surface area contributed by atoms with Crippen molar-refractivity contribution >= 4 is 5.91 Å². The van der Waals surface area contributed by atoms with Crippen molar-refractivity contribution in [2.24, 2.45) is 0 Å². The molecule has 0 unspecified atom stereocenters. The van der Waals surface area contributed by atoms with Crippen LogP contribution in [0, 0.1) is 20.8 Å². The summed E-state index contributed by atoms with van der Waals surface area (Å²) >= 11 is 0. The van der Waals surface area contributed by atoms with E-state index in [1.165, 1.54) is 16.7 Å². The van der Waals surface area contributed by atoms with Crippen molar-refractivity contribution < 1.29 is 14.3 Å². The molecule has 0 saturated heterocycles. The third-order valence-electron chi connectivity index (χ3n) is 4.15.